The number of carboxylic acid groups (broad SMARTS) is 1. The maximum atomic E-state index is 10.6. The molecule has 4 nitrogen and oxygen atoms in total. The third-order valence-electron chi connectivity index (χ3n) is 4.28. The quantitative estimate of drug-likeness (QED) is 0.369. The Bertz CT molecular complexity index is 1020. The number of hydrogen-bond acceptors (Lipinski definition) is 4. The molecule has 6 heteroatoms. The minimum Gasteiger partial charge on any atom is -0.497 e. The molecule has 0 heterocycles. The van der Waals surface area contributed by atoms with Crippen LogP contribution in [0.1, 0.15) is 11.1 Å². The van der Waals surface area contributed by atoms with Crippen LogP contribution in [0.25, 0.3) is 5.57 Å². The second-order valence-corrected chi connectivity index (χ2v) is 8.21. The van der Waals surface area contributed by atoms with Crippen LogP contribution in [0.5, 0.6) is 11.5 Å². The summed E-state index contributed by atoms with van der Waals surface area (Å²) in [6, 6.07) is 23.8. The normalized spacial score (nSPS) is 11.2. The molecule has 0 aliphatic rings. The van der Waals surface area contributed by atoms with Crippen molar-refractivity contribution in [2.45, 2.75) is 4.90 Å². The van der Waals surface area contributed by atoms with Crippen molar-refractivity contribution < 1.29 is 19.4 Å². The van der Waals surface area contributed by atoms with Crippen molar-refractivity contribution in [2.75, 3.05) is 19.5 Å². The second kappa shape index (κ2) is 10.9. The van der Waals surface area contributed by atoms with E-state index in [1.54, 1.807) is 31.0 Å². The number of benzene rings is 3. The molecule has 0 amide bonds. The Hall–Kier alpha value is -2.70. The Morgan fingerprint density at radius 3 is 2.30 bits per heavy atom. The maximum Gasteiger partial charge on any atom is 0.341 e. The predicted octanol–water partition coefficient (Wildman–Crippen LogP) is 6.15. The first-order chi connectivity index (χ1) is 14.6. The van der Waals surface area contributed by atoms with Gasteiger partial charge in [-0.05, 0) is 63.0 Å². The molecule has 30 heavy (non-hydrogen) atoms. The standard InChI is InChI=1S/C24H21BrO4S/c1-28-19-9-7-18(8-10-19)21(17-5-3-2-4-6-17)13-14-30-23-12-11-20(15-22(23)25)29-16-24(26)27/h2-13,15H,14,16H2,1H3,(H,26,27). The SMILES string of the molecule is COc1ccc(C(=CCSc2ccc(OCC(=O)O)cc2Br)c2ccccc2)cc1. The summed E-state index contributed by atoms with van der Waals surface area (Å²) in [7, 11) is 1.66. The van der Waals surface area contributed by atoms with Crippen molar-refractivity contribution in [1.82, 2.24) is 0 Å². The minimum atomic E-state index is -0.998. The first kappa shape index (κ1) is 22.0. The van der Waals surface area contributed by atoms with Crippen molar-refractivity contribution in [3.63, 3.8) is 0 Å². The Kier molecular flexibility index (Phi) is 7.99. The molecule has 0 fully saturated rings. The van der Waals surface area contributed by atoms with Crippen LogP contribution in [0.15, 0.2) is 88.2 Å². The highest BCUT2D eigenvalue weighted by molar-refractivity contribution is 9.10. The largest absolute Gasteiger partial charge is 0.497 e. The zero-order valence-corrected chi connectivity index (χ0v) is 18.8. The van der Waals surface area contributed by atoms with Crippen LogP contribution >= 0.6 is 27.7 Å². The lowest BCUT2D eigenvalue weighted by molar-refractivity contribution is -0.139. The summed E-state index contributed by atoms with van der Waals surface area (Å²) in [6.45, 7) is -0.357. The summed E-state index contributed by atoms with van der Waals surface area (Å²) in [4.78, 5) is 11.7. The Morgan fingerprint density at radius 2 is 1.67 bits per heavy atom. The van der Waals surface area contributed by atoms with Crippen molar-refractivity contribution in [3.05, 3.63) is 94.5 Å². The lowest BCUT2D eigenvalue weighted by Crippen LogP contribution is -2.09. The number of halogens is 1. The van der Waals surface area contributed by atoms with Gasteiger partial charge in [-0.15, -0.1) is 11.8 Å². The summed E-state index contributed by atoms with van der Waals surface area (Å²) >= 11 is 5.23. The molecule has 0 spiro atoms. The molecule has 3 aromatic carbocycles. The van der Waals surface area contributed by atoms with Crippen LogP contribution in [0.4, 0.5) is 0 Å². The number of hydrogen-bond donors (Lipinski definition) is 1. The summed E-state index contributed by atoms with van der Waals surface area (Å²) in [5.41, 5.74) is 3.43. The summed E-state index contributed by atoms with van der Waals surface area (Å²) < 4.78 is 11.4. The first-order valence-corrected chi connectivity index (χ1v) is 11.0. The highest BCUT2D eigenvalue weighted by Gasteiger charge is 2.07. The monoisotopic (exact) mass is 484 g/mol. The molecule has 0 radical (unpaired) electrons. The molecular formula is C24H21BrO4S. The van der Waals surface area contributed by atoms with E-state index in [1.165, 1.54) is 0 Å². The van der Waals surface area contributed by atoms with Crippen LogP contribution in [0.2, 0.25) is 0 Å². The number of thioether (sulfide) groups is 1. The molecule has 0 bridgehead atoms. The van der Waals surface area contributed by atoms with E-state index in [4.69, 9.17) is 14.6 Å². The van der Waals surface area contributed by atoms with Gasteiger partial charge in [-0.3, -0.25) is 0 Å². The highest BCUT2D eigenvalue weighted by atomic mass is 79.9. The van der Waals surface area contributed by atoms with Gasteiger partial charge in [0.15, 0.2) is 6.61 Å². The lowest BCUT2D eigenvalue weighted by atomic mass is 9.98. The topological polar surface area (TPSA) is 55.8 Å². The number of ether oxygens (including phenoxy) is 2. The van der Waals surface area contributed by atoms with Gasteiger partial charge in [-0.25, -0.2) is 4.79 Å². The Labute approximate surface area is 188 Å². The fourth-order valence-corrected chi connectivity index (χ4v) is 4.33. The number of aliphatic carboxylic acids is 1. The van der Waals surface area contributed by atoms with Gasteiger partial charge in [-0.2, -0.15) is 0 Å². The van der Waals surface area contributed by atoms with Gasteiger partial charge in [0.2, 0.25) is 0 Å². The van der Waals surface area contributed by atoms with Crippen LogP contribution in [-0.2, 0) is 4.79 Å². The Balaban J connectivity index is 1.77. The van der Waals surface area contributed by atoms with Crippen molar-refractivity contribution >= 4 is 39.2 Å². The number of methoxy groups -OCH3 is 1. The van der Waals surface area contributed by atoms with Crippen LogP contribution in [-0.4, -0.2) is 30.5 Å². The van der Waals surface area contributed by atoms with Crippen molar-refractivity contribution in [2.24, 2.45) is 0 Å². The van der Waals surface area contributed by atoms with E-state index in [9.17, 15) is 4.79 Å². The van der Waals surface area contributed by atoms with Crippen LogP contribution in [0.3, 0.4) is 0 Å². The predicted molar refractivity (Wildman–Crippen MR) is 125 cm³/mol. The van der Waals surface area contributed by atoms with E-state index >= 15 is 0 Å². The lowest BCUT2D eigenvalue weighted by Gasteiger charge is -2.11. The molecule has 0 aliphatic heterocycles. The number of carboxylic acids is 1. The van der Waals surface area contributed by atoms with Gasteiger partial charge in [0.25, 0.3) is 0 Å². The van der Waals surface area contributed by atoms with Crippen LogP contribution < -0.4 is 9.47 Å². The van der Waals surface area contributed by atoms with Gasteiger partial charge < -0.3 is 14.6 Å². The number of carbonyl (C=O) groups is 1. The maximum absolute atomic E-state index is 10.6. The minimum absolute atomic E-state index is 0.357. The van der Waals surface area contributed by atoms with E-state index < -0.39 is 5.97 Å². The second-order valence-electron chi connectivity index (χ2n) is 6.30. The summed E-state index contributed by atoms with van der Waals surface area (Å²) in [6.07, 6.45) is 2.21. The molecule has 0 saturated carbocycles. The van der Waals surface area contributed by atoms with E-state index in [1.807, 2.05) is 36.4 Å². The highest BCUT2D eigenvalue weighted by Crippen LogP contribution is 2.32. The average Bonchev–Trinajstić information content (AvgIpc) is 2.77. The van der Waals surface area contributed by atoms with Gasteiger partial charge in [0, 0.05) is 15.1 Å². The van der Waals surface area contributed by atoms with Gasteiger partial charge >= 0.3 is 5.97 Å². The first-order valence-electron chi connectivity index (χ1n) is 9.24. The third-order valence-corrected chi connectivity index (χ3v) is 6.20. The molecule has 0 aromatic heterocycles. The molecular weight excluding hydrogens is 464 g/mol. The summed E-state index contributed by atoms with van der Waals surface area (Å²) in [5, 5.41) is 8.73. The smallest absolute Gasteiger partial charge is 0.341 e. The molecule has 0 saturated heterocycles. The molecule has 3 aromatic rings. The van der Waals surface area contributed by atoms with E-state index in [-0.39, 0.29) is 6.61 Å². The molecule has 0 aliphatic carbocycles. The fourth-order valence-electron chi connectivity index (χ4n) is 2.84. The molecule has 3 rings (SSSR count). The zero-order chi connectivity index (χ0) is 21.3. The van der Waals surface area contributed by atoms with E-state index in [2.05, 4.69) is 46.3 Å². The third kappa shape index (κ3) is 6.15. The molecule has 154 valence electrons. The zero-order valence-electron chi connectivity index (χ0n) is 16.4. The Morgan fingerprint density at radius 1 is 1.00 bits per heavy atom. The van der Waals surface area contributed by atoms with Gasteiger partial charge in [0.1, 0.15) is 11.5 Å². The molecule has 0 unspecified atom stereocenters. The van der Waals surface area contributed by atoms with Gasteiger partial charge in [0.05, 0.1) is 7.11 Å². The summed E-state index contributed by atoms with van der Waals surface area (Å²) in [5.74, 6) is 1.12. The van der Waals surface area contributed by atoms with E-state index in [0.717, 1.165) is 37.6 Å². The van der Waals surface area contributed by atoms with E-state index in [0.29, 0.717) is 5.75 Å². The van der Waals surface area contributed by atoms with Crippen molar-refractivity contribution in [3.8, 4) is 11.5 Å². The van der Waals surface area contributed by atoms with Gasteiger partial charge in [-0.1, -0.05) is 48.5 Å². The molecule has 1 N–H and O–H groups in total. The fraction of sp³-hybridized carbons (Fsp3) is 0.125. The average molecular weight is 485 g/mol. The van der Waals surface area contributed by atoms with Crippen molar-refractivity contribution in [1.29, 1.82) is 0 Å². The van der Waals surface area contributed by atoms with Crippen LogP contribution in [0, 0.1) is 0 Å². The number of rotatable bonds is 9. The molecule has 0 atom stereocenters.